The molecule has 1 atom stereocenters. The molecule has 0 aromatic rings. The summed E-state index contributed by atoms with van der Waals surface area (Å²) in [6, 6.07) is -0.661. The molecular weight excluding hydrogens is 262 g/mol. The summed E-state index contributed by atoms with van der Waals surface area (Å²) in [5.41, 5.74) is 0. The van der Waals surface area contributed by atoms with Crippen molar-refractivity contribution in [3.63, 3.8) is 0 Å². The maximum absolute atomic E-state index is 12.3. The van der Waals surface area contributed by atoms with Gasteiger partial charge in [0, 0.05) is 5.97 Å². The second kappa shape index (κ2) is 7.59. The van der Waals surface area contributed by atoms with Crippen LogP contribution in [-0.2, 0) is 19.1 Å². The van der Waals surface area contributed by atoms with Crippen molar-refractivity contribution in [1.29, 1.82) is 0 Å². The monoisotopic (exact) mass is 285 g/mol. The highest BCUT2D eigenvalue weighted by molar-refractivity contribution is 5.80. The minimum Gasteiger partial charge on any atom is -0.550 e. The van der Waals surface area contributed by atoms with E-state index in [1.807, 2.05) is 0 Å². The van der Waals surface area contributed by atoms with Gasteiger partial charge in [-0.05, 0) is 25.7 Å². The Hall–Kier alpha value is -1.14. The fraction of sp³-hybridized carbons (Fsp3) is 0.857. The molecule has 6 nitrogen and oxygen atoms in total. The van der Waals surface area contributed by atoms with Gasteiger partial charge in [-0.2, -0.15) is 0 Å². The van der Waals surface area contributed by atoms with Gasteiger partial charge in [0.25, 0.3) is 0 Å². The molecule has 0 bridgehead atoms. The Bertz CT molecular complexity index is 334. The molecule has 2 rings (SSSR count). The summed E-state index contributed by atoms with van der Waals surface area (Å²) >= 11 is 0. The predicted molar refractivity (Wildman–Crippen MR) is 67.9 cm³/mol. The second-order valence-corrected chi connectivity index (χ2v) is 5.60. The summed E-state index contributed by atoms with van der Waals surface area (Å²) in [6.07, 6.45) is 4.80. The van der Waals surface area contributed by atoms with E-state index in [0.29, 0.717) is 26.3 Å². The molecular formula is C14H23NO5. The number of nitrogens with one attached hydrogen (secondary N) is 1. The zero-order chi connectivity index (χ0) is 14.4. The normalized spacial score (nSPS) is 23.2. The van der Waals surface area contributed by atoms with E-state index < -0.39 is 18.0 Å². The van der Waals surface area contributed by atoms with Crippen molar-refractivity contribution in [1.82, 2.24) is 0 Å². The van der Waals surface area contributed by atoms with E-state index in [9.17, 15) is 14.7 Å². The summed E-state index contributed by atoms with van der Waals surface area (Å²) in [7, 11) is 0. The third-order valence-corrected chi connectivity index (χ3v) is 4.12. The fourth-order valence-electron chi connectivity index (χ4n) is 2.97. The van der Waals surface area contributed by atoms with Gasteiger partial charge in [0.05, 0.1) is 19.6 Å². The number of aliphatic carboxylic acids is 1. The number of hydrogen-bond donors (Lipinski definition) is 1. The first-order valence-electron chi connectivity index (χ1n) is 7.49. The molecule has 2 aliphatic rings. The lowest BCUT2D eigenvalue weighted by atomic mass is 9.97. The Morgan fingerprint density at radius 1 is 1.20 bits per heavy atom. The minimum absolute atomic E-state index is 0.0408. The standard InChI is InChI=1S/C14H23NO5/c16-13(17)10-12(15-6-8-19-9-7-15)14(18)20-11-4-2-1-3-5-11/h11-12H,1-10H2,(H,16,17)/t12-/m1/s1. The lowest BCUT2D eigenvalue weighted by Gasteiger charge is -2.32. The van der Waals surface area contributed by atoms with Crippen molar-refractivity contribution >= 4 is 11.9 Å². The van der Waals surface area contributed by atoms with E-state index in [1.54, 1.807) is 0 Å². The lowest BCUT2D eigenvalue weighted by molar-refractivity contribution is -0.924. The number of rotatable bonds is 5. The molecule has 1 heterocycles. The molecule has 0 spiro atoms. The Labute approximate surface area is 119 Å². The number of ether oxygens (including phenoxy) is 2. The fourth-order valence-corrected chi connectivity index (χ4v) is 2.97. The highest BCUT2D eigenvalue weighted by Crippen LogP contribution is 2.20. The van der Waals surface area contributed by atoms with Crippen LogP contribution in [0, 0.1) is 0 Å². The zero-order valence-corrected chi connectivity index (χ0v) is 11.8. The van der Waals surface area contributed by atoms with Crippen LogP contribution >= 0.6 is 0 Å². The highest BCUT2D eigenvalue weighted by atomic mass is 16.5. The van der Waals surface area contributed by atoms with Crippen molar-refractivity contribution < 1.29 is 29.1 Å². The van der Waals surface area contributed by atoms with Crippen molar-refractivity contribution in [2.45, 2.75) is 50.7 Å². The smallest absolute Gasteiger partial charge is 0.365 e. The van der Waals surface area contributed by atoms with Gasteiger partial charge in [0.1, 0.15) is 19.2 Å². The molecule has 1 aliphatic heterocycles. The molecule has 0 radical (unpaired) electrons. The van der Waals surface area contributed by atoms with Crippen LogP contribution < -0.4 is 10.0 Å². The second-order valence-electron chi connectivity index (χ2n) is 5.60. The molecule has 1 N–H and O–H groups in total. The van der Waals surface area contributed by atoms with Gasteiger partial charge in [-0.25, -0.2) is 4.79 Å². The van der Waals surface area contributed by atoms with Crippen molar-refractivity contribution in [3.05, 3.63) is 0 Å². The Morgan fingerprint density at radius 3 is 2.45 bits per heavy atom. The number of quaternary nitrogens is 1. The molecule has 0 unspecified atom stereocenters. The van der Waals surface area contributed by atoms with E-state index in [0.717, 1.165) is 30.6 Å². The van der Waals surface area contributed by atoms with E-state index in [2.05, 4.69) is 0 Å². The molecule has 1 aliphatic carbocycles. The molecule has 114 valence electrons. The topological polar surface area (TPSA) is 80.1 Å². The average molecular weight is 285 g/mol. The molecule has 20 heavy (non-hydrogen) atoms. The van der Waals surface area contributed by atoms with Crippen LogP contribution in [-0.4, -0.2) is 50.4 Å². The van der Waals surface area contributed by atoms with E-state index >= 15 is 0 Å². The van der Waals surface area contributed by atoms with Crippen molar-refractivity contribution in [2.24, 2.45) is 0 Å². The highest BCUT2D eigenvalue weighted by Gasteiger charge is 2.34. The van der Waals surface area contributed by atoms with E-state index in [1.165, 1.54) is 6.42 Å². The summed E-state index contributed by atoms with van der Waals surface area (Å²) < 4.78 is 10.8. The SMILES string of the molecule is O=C([O-])C[C@H](C(=O)OC1CCCCC1)[NH+]1CCOCC1. The third kappa shape index (κ3) is 4.45. The number of carbonyl (C=O) groups excluding carboxylic acids is 2. The Kier molecular flexibility index (Phi) is 5.79. The van der Waals surface area contributed by atoms with E-state index in [-0.39, 0.29) is 12.5 Å². The first kappa shape index (κ1) is 15.3. The van der Waals surface area contributed by atoms with Crippen LogP contribution in [0.3, 0.4) is 0 Å². The minimum atomic E-state index is -1.20. The maximum atomic E-state index is 12.3. The van der Waals surface area contributed by atoms with Gasteiger partial charge in [-0.15, -0.1) is 0 Å². The number of esters is 1. The number of carboxylic acids is 1. The zero-order valence-electron chi connectivity index (χ0n) is 11.8. The lowest BCUT2D eigenvalue weighted by Crippen LogP contribution is -3.18. The molecule has 1 saturated heterocycles. The predicted octanol–water partition coefficient (Wildman–Crippen LogP) is -1.71. The van der Waals surface area contributed by atoms with E-state index in [4.69, 9.17) is 9.47 Å². The van der Waals surface area contributed by atoms with Crippen LogP contribution in [0.15, 0.2) is 0 Å². The summed E-state index contributed by atoms with van der Waals surface area (Å²) in [6.45, 7) is 2.38. The van der Waals surface area contributed by atoms with Crippen LogP contribution in [0.4, 0.5) is 0 Å². The molecule has 0 amide bonds. The molecule has 0 aromatic heterocycles. The Morgan fingerprint density at radius 2 is 1.85 bits per heavy atom. The van der Waals surface area contributed by atoms with Crippen molar-refractivity contribution in [2.75, 3.05) is 26.3 Å². The van der Waals surface area contributed by atoms with Crippen LogP contribution in [0.2, 0.25) is 0 Å². The molecule has 1 saturated carbocycles. The molecule has 2 fully saturated rings. The molecule has 6 heteroatoms. The maximum Gasteiger partial charge on any atom is 0.365 e. The van der Waals surface area contributed by atoms with Gasteiger partial charge >= 0.3 is 5.97 Å². The van der Waals surface area contributed by atoms with Gasteiger partial charge < -0.3 is 24.3 Å². The van der Waals surface area contributed by atoms with Crippen LogP contribution in [0.5, 0.6) is 0 Å². The van der Waals surface area contributed by atoms with Gasteiger partial charge in [0.15, 0.2) is 6.04 Å². The molecule has 0 aromatic carbocycles. The van der Waals surface area contributed by atoms with Crippen LogP contribution in [0.1, 0.15) is 38.5 Å². The number of carbonyl (C=O) groups is 2. The largest absolute Gasteiger partial charge is 0.550 e. The van der Waals surface area contributed by atoms with Gasteiger partial charge in [0.2, 0.25) is 0 Å². The van der Waals surface area contributed by atoms with Gasteiger partial charge in [-0.3, -0.25) is 0 Å². The van der Waals surface area contributed by atoms with Crippen LogP contribution in [0.25, 0.3) is 0 Å². The van der Waals surface area contributed by atoms with Crippen molar-refractivity contribution in [3.8, 4) is 0 Å². The number of morpholine rings is 1. The first-order valence-corrected chi connectivity index (χ1v) is 7.49. The average Bonchev–Trinajstić information content (AvgIpc) is 2.46. The summed E-state index contributed by atoms with van der Waals surface area (Å²) in [4.78, 5) is 24.1. The summed E-state index contributed by atoms with van der Waals surface area (Å²) in [5.74, 6) is -1.59. The number of carboxylic acid groups (broad SMARTS) is 1. The quantitative estimate of drug-likeness (QED) is 0.608. The Balaban J connectivity index is 1.93. The van der Waals surface area contributed by atoms with Gasteiger partial charge in [-0.1, -0.05) is 6.42 Å². The number of hydrogen-bond acceptors (Lipinski definition) is 5. The summed E-state index contributed by atoms with van der Waals surface area (Å²) in [5, 5.41) is 10.9. The first-order chi connectivity index (χ1) is 9.66. The third-order valence-electron chi connectivity index (χ3n) is 4.12.